The number of amides is 1. The molecule has 0 aromatic heterocycles. The zero-order valence-corrected chi connectivity index (χ0v) is 14.1. The molecule has 2 heterocycles. The van der Waals surface area contributed by atoms with Gasteiger partial charge >= 0.3 is 0 Å². The summed E-state index contributed by atoms with van der Waals surface area (Å²) in [5, 5.41) is 6.29. The van der Waals surface area contributed by atoms with Gasteiger partial charge in [-0.2, -0.15) is 0 Å². The molecule has 4 nitrogen and oxygen atoms in total. The van der Waals surface area contributed by atoms with Crippen LogP contribution >= 0.6 is 0 Å². The van der Waals surface area contributed by atoms with Crippen molar-refractivity contribution in [3.63, 3.8) is 0 Å². The minimum Gasteiger partial charge on any atom is -0.364 e. The fourth-order valence-corrected chi connectivity index (χ4v) is 3.54. The summed E-state index contributed by atoms with van der Waals surface area (Å²) in [7, 11) is 0. The van der Waals surface area contributed by atoms with Crippen molar-refractivity contribution >= 4 is 29.4 Å². The highest BCUT2D eigenvalue weighted by molar-refractivity contribution is 5.97. The van der Waals surface area contributed by atoms with Crippen molar-refractivity contribution in [1.82, 2.24) is 5.32 Å². The first-order valence-electron chi connectivity index (χ1n) is 8.64. The maximum Gasteiger partial charge on any atom is 0.226 e. The fourth-order valence-electron chi connectivity index (χ4n) is 3.54. The zero-order valence-electron chi connectivity index (χ0n) is 14.1. The lowest BCUT2D eigenvalue weighted by atomic mass is 10.1. The van der Waals surface area contributed by atoms with Gasteiger partial charge in [0.1, 0.15) is 11.6 Å². The van der Waals surface area contributed by atoms with Gasteiger partial charge in [0.25, 0.3) is 0 Å². The number of nitrogens with one attached hydrogen (secondary N) is 2. The number of carbonyl (C=O) groups is 1. The van der Waals surface area contributed by atoms with Crippen molar-refractivity contribution in [2.24, 2.45) is 0 Å². The first kappa shape index (κ1) is 16.7. The molecule has 134 valence electrons. The average Bonchev–Trinajstić information content (AvgIpc) is 2.74. The van der Waals surface area contributed by atoms with Crippen LogP contribution in [0.25, 0.3) is 12.2 Å². The number of halogens is 2. The third-order valence-corrected chi connectivity index (χ3v) is 4.73. The number of nitrogens with zero attached hydrogens (tertiary/aromatic N) is 1. The summed E-state index contributed by atoms with van der Waals surface area (Å²) in [6.45, 7) is 2.47. The Kier molecular flexibility index (Phi) is 4.42. The number of hydrogen-bond donors (Lipinski definition) is 2. The molecular formula is C20H19F2N3O. The number of rotatable bonds is 2. The molecule has 0 spiro atoms. The van der Waals surface area contributed by atoms with Gasteiger partial charge < -0.3 is 15.5 Å². The van der Waals surface area contributed by atoms with Gasteiger partial charge in [-0.05, 0) is 35.4 Å². The molecule has 4 rings (SSSR count). The smallest absolute Gasteiger partial charge is 0.226 e. The molecule has 2 N–H and O–H groups in total. The Hall–Kier alpha value is -2.73. The van der Waals surface area contributed by atoms with E-state index in [0.29, 0.717) is 12.0 Å². The molecule has 1 fully saturated rings. The van der Waals surface area contributed by atoms with E-state index in [1.54, 1.807) is 6.08 Å². The van der Waals surface area contributed by atoms with E-state index in [0.717, 1.165) is 42.6 Å². The molecule has 1 amide bonds. The van der Waals surface area contributed by atoms with Crippen molar-refractivity contribution in [3.05, 3.63) is 59.2 Å². The summed E-state index contributed by atoms with van der Waals surface area (Å²) >= 11 is 0. The topological polar surface area (TPSA) is 44.4 Å². The lowest BCUT2D eigenvalue weighted by molar-refractivity contribution is -0.116. The number of anilines is 2. The molecule has 2 aromatic carbocycles. The Morgan fingerprint density at radius 3 is 2.62 bits per heavy atom. The summed E-state index contributed by atoms with van der Waals surface area (Å²) in [5.41, 5.74) is 3.15. The molecule has 6 heteroatoms. The standard InChI is InChI=1S/C20H19F2N3O/c21-15-7-14(8-16(22)10-15)2-1-13-3-4-18-19(9-13)25-6-5-23-12-17(25)11-20(26)24-18/h1-4,7-10,17,23H,5-6,11-12H2,(H,24,26). The van der Waals surface area contributed by atoms with Gasteiger partial charge in [-0.3, -0.25) is 4.79 Å². The predicted molar refractivity (Wildman–Crippen MR) is 99.0 cm³/mol. The van der Waals surface area contributed by atoms with Crippen LogP contribution < -0.4 is 15.5 Å². The molecule has 0 bridgehead atoms. The van der Waals surface area contributed by atoms with Gasteiger partial charge in [-0.15, -0.1) is 0 Å². The van der Waals surface area contributed by atoms with Crippen LogP contribution in [0.4, 0.5) is 20.2 Å². The van der Waals surface area contributed by atoms with E-state index in [9.17, 15) is 13.6 Å². The van der Waals surface area contributed by atoms with E-state index < -0.39 is 11.6 Å². The normalized spacial score (nSPS) is 19.7. The van der Waals surface area contributed by atoms with Crippen LogP contribution in [-0.4, -0.2) is 31.6 Å². The van der Waals surface area contributed by atoms with Crippen LogP contribution in [0.5, 0.6) is 0 Å². The highest BCUT2D eigenvalue weighted by Crippen LogP contribution is 2.33. The van der Waals surface area contributed by atoms with Gasteiger partial charge in [0.15, 0.2) is 0 Å². The molecule has 0 aliphatic carbocycles. The second-order valence-electron chi connectivity index (χ2n) is 6.62. The highest BCUT2D eigenvalue weighted by atomic mass is 19.1. The summed E-state index contributed by atoms with van der Waals surface area (Å²) in [6, 6.07) is 9.32. The maximum atomic E-state index is 13.3. The van der Waals surface area contributed by atoms with Crippen LogP contribution in [0.2, 0.25) is 0 Å². The van der Waals surface area contributed by atoms with Gasteiger partial charge in [0.05, 0.1) is 17.4 Å². The Morgan fingerprint density at radius 1 is 1.04 bits per heavy atom. The summed E-state index contributed by atoms with van der Waals surface area (Å²) in [4.78, 5) is 14.4. The van der Waals surface area contributed by atoms with Crippen LogP contribution in [0.1, 0.15) is 17.5 Å². The SMILES string of the molecule is O=C1CC2CNCCN2c2cc(C=Cc3cc(F)cc(F)c3)ccc2N1. The van der Waals surface area contributed by atoms with Crippen molar-refractivity contribution in [1.29, 1.82) is 0 Å². The third-order valence-electron chi connectivity index (χ3n) is 4.73. The van der Waals surface area contributed by atoms with Crippen LogP contribution in [0.3, 0.4) is 0 Å². The van der Waals surface area contributed by atoms with Crippen molar-refractivity contribution in [2.75, 3.05) is 29.9 Å². The second-order valence-corrected chi connectivity index (χ2v) is 6.62. The molecule has 2 aromatic rings. The minimum atomic E-state index is -0.599. The molecule has 2 aliphatic rings. The van der Waals surface area contributed by atoms with Crippen LogP contribution in [0.15, 0.2) is 36.4 Å². The molecular weight excluding hydrogens is 336 g/mol. The largest absolute Gasteiger partial charge is 0.364 e. The quantitative estimate of drug-likeness (QED) is 0.813. The van der Waals surface area contributed by atoms with E-state index >= 15 is 0 Å². The molecule has 1 saturated heterocycles. The number of carbonyl (C=O) groups excluding carboxylic acids is 1. The molecule has 0 radical (unpaired) electrons. The monoisotopic (exact) mass is 355 g/mol. The molecule has 2 aliphatic heterocycles. The first-order chi connectivity index (χ1) is 12.6. The third kappa shape index (κ3) is 3.46. The Bertz CT molecular complexity index is 861. The van der Waals surface area contributed by atoms with Gasteiger partial charge in [0, 0.05) is 32.1 Å². The number of benzene rings is 2. The first-order valence-corrected chi connectivity index (χ1v) is 8.64. The van der Waals surface area contributed by atoms with E-state index in [1.807, 2.05) is 24.3 Å². The van der Waals surface area contributed by atoms with Gasteiger partial charge in [-0.1, -0.05) is 18.2 Å². The average molecular weight is 355 g/mol. The number of fused-ring (bicyclic) bond motifs is 3. The Balaban J connectivity index is 1.66. The van der Waals surface area contributed by atoms with E-state index in [-0.39, 0.29) is 11.9 Å². The Morgan fingerprint density at radius 2 is 1.81 bits per heavy atom. The van der Waals surface area contributed by atoms with Crippen LogP contribution in [0, 0.1) is 11.6 Å². The summed E-state index contributed by atoms with van der Waals surface area (Å²) in [5.74, 6) is -1.18. The highest BCUT2D eigenvalue weighted by Gasteiger charge is 2.29. The maximum absolute atomic E-state index is 13.3. The van der Waals surface area contributed by atoms with E-state index in [2.05, 4.69) is 15.5 Å². The second kappa shape index (κ2) is 6.88. The molecule has 1 unspecified atom stereocenters. The molecule has 1 atom stereocenters. The van der Waals surface area contributed by atoms with Crippen molar-refractivity contribution in [3.8, 4) is 0 Å². The van der Waals surface area contributed by atoms with Crippen molar-refractivity contribution in [2.45, 2.75) is 12.5 Å². The molecule has 26 heavy (non-hydrogen) atoms. The minimum absolute atomic E-state index is 0.0148. The summed E-state index contributed by atoms with van der Waals surface area (Å²) < 4.78 is 26.6. The molecule has 0 saturated carbocycles. The number of hydrogen-bond acceptors (Lipinski definition) is 3. The predicted octanol–water partition coefficient (Wildman–Crippen LogP) is 3.26. The van der Waals surface area contributed by atoms with Gasteiger partial charge in [0.2, 0.25) is 5.91 Å². The lowest BCUT2D eigenvalue weighted by Crippen LogP contribution is -2.51. The van der Waals surface area contributed by atoms with Crippen LogP contribution in [-0.2, 0) is 4.79 Å². The van der Waals surface area contributed by atoms with E-state index in [4.69, 9.17) is 0 Å². The zero-order chi connectivity index (χ0) is 18.1. The summed E-state index contributed by atoms with van der Waals surface area (Å²) in [6.07, 6.45) is 3.95. The Labute approximate surface area is 150 Å². The van der Waals surface area contributed by atoms with Crippen molar-refractivity contribution < 1.29 is 13.6 Å². The van der Waals surface area contributed by atoms with E-state index in [1.165, 1.54) is 12.1 Å². The lowest BCUT2D eigenvalue weighted by Gasteiger charge is -2.36. The fraction of sp³-hybridized carbons (Fsp3) is 0.250. The number of piperazine rings is 1. The van der Waals surface area contributed by atoms with Gasteiger partial charge in [-0.25, -0.2) is 8.78 Å².